The van der Waals surface area contributed by atoms with Crippen molar-refractivity contribution in [3.8, 4) is 5.75 Å². The van der Waals surface area contributed by atoms with Gasteiger partial charge < -0.3 is 10.4 Å². The lowest BCUT2D eigenvalue weighted by atomic mass is 9.68. The Hall–Kier alpha value is -2.07. The first-order valence-electron chi connectivity index (χ1n) is 7.83. The molecule has 2 N–H and O–H groups in total. The van der Waals surface area contributed by atoms with Gasteiger partial charge in [0, 0.05) is 5.02 Å². The SMILES string of the molecule is O=C(Nc1ccc(O)cn1)C1(c2ccc(Cl)cc2)CCCCC1. The van der Waals surface area contributed by atoms with Crippen LogP contribution in [-0.4, -0.2) is 16.0 Å². The number of hydrogen-bond donors (Lipinski definition) is 2. The van der Waals surface area contributed by atoms with Crippen molar-refractivity contribution >= 4 is 23.3 Å². The molecule has 0 aliphatic heterocycles. The Kier molecular flexibility index (Phi) is 4.53. The van der Waals surface area contributed by atoms with E-state index in [1.807, 2.05) is 24.3 Å². The zero-order chi connectivity index (χ0) is 16.3. The smallest absolute Gasteiger partial charge is 0.236 e. The lowest BCUT2D eigenvalue weighted by Crippen LogP contribution is -2.42. The van der Waals surface area contributed by atoms with E-state index in [9.17, 15) is 9.90 Å². The van der Waals surface area contributed by atoms with Crippen LogP contribution < -0.4 is 5.32 Å². The van der Waals surface area contributed by atoms with Crippen molar-refractivity contribution < 1.29 is 9.90 Å². The largest absolute Gasteiger partial charge is 0.506 e. The highest BCUT2D eigenvalue weighted by Crippen LogP contribution is 2.40. The molecular weight excluding hydrogens is 312 g/mol. The van der Waals surface area contributed by atoms with Crippen molar-refractivity contribution in [3.05, 3.63) is 53.2 Å². The number of pyridine rings is 1. The fourth-order valence-electron chi connectivity index (χ4n) is 3.27. The summed E-state index contributed by atoms with van der Waals surface area (Å²) in [5.41, 5.74) is 0.459. The van der Waals surface area contributed by atoms with Crippen LogP contribution in [0, 0.1) is 0 Å². The van der Waals surface area contributed by atoms with Crippen LogP contribution in [0.2, 0.25) is 5.02 Å². The number of rotatable bonds is 3. The van der Waals surface area contributed by atoms with Gasteiger partial charge in [0.2, 0.25) is 5.91 Å². The van der Waals surface area contributed by atoms with Crippen LogP contribution in [0.4, 0.5) is 5.82 Å². The van der Waals surface area contributed by atoms with Gasteiger partial charge in [-0.25, -0.2) is 4.98 Å². The predicted molar refractivity (Wildman–Crippen MR) is 90.7 cm³/mol. The number of nitrogens with one attached hydrogen (secondary N) is 1. The molecule has 4 nitrogen and oxygen atoms in total. The number of amides is 1. The van der Waals surface area contributed by atoms with Crippen molar-refractivity contribution in [1.29, 1.82) is 0 Å². The Labute approximate surface area is 140 Å². The van der Waals surface area contributed by atoms with E-state index in [2.05, 4.69) is 10.3 Å². The Morgan fingerprint density at radius 1 is 1.09 bits per heavy atom. The fourth-order valence-corrected chi connectivity index (χ4v) is 3.39. The van der Waals surface area contributed by atoms with Gasteiger partial charge in [-0.15, -0.1) is 0 Å². The third-order valence-corrected chi connectivity index (χ3v) is 4.78. The van der Waals surface area contributed by atoms with Crippen molar-refractivity contribution in [1.82, 2.24) is 4.98 Å². The molecule has 120 valence electrons. The van der Waals surface area contributed by atoms with E-state index >= 15 is 0 Å². The summed E-state index contributed by atoms with van der Waals surface area (Å²) in [6, 6.07) is 10.7. The first-order chi connectivity index (χ1) is 11.1. The van der Waals surface area contributed by atoms with E-state index in [-0.39, 0.29) is 11.7 Å². The average Bonchev–Trinajstić information content (AvgIpc) is 2.58. The average molecular weight is 331 g/mol. The van der Waals surface area contributed by atoms with Gasteiger partial charge in [-0.2, -0.15) is 0 Å². The Balaban J connectivity index is 1.90. The summed E-state index contributed by atoms with van der Waals surface area (Å²) in [6.45, 7) is 0. The summed E-state index contributed by atoms with van der Waals surface area (Å²) in [5.74, 6) is 0.484. The molecule has 1 aromatic carbocycles. The fraction of sp³-hybridized carbons (Fsp3) is 0.333. The van der Waals surface area contributed by atoms with Crippen LogP contribution in [0.15, 0.2) is 42.6 Å². The predicted octanol–water partition coefficient (Wildman–Crippen LogP) is 4.28. The van der Waals surface area contributed by atoms with Crippen LogP contribution in [-0.2, 0) is 10.2 Å². The second kappa shape index (κ2) is 6.59. The third-order valence-electron chi connectivity index (χ3n) is 4.53. The maximum Gasteiger partial charge on any atom is 0.236 e. The first kappa shape index (κ1) is 15.8. The number of aromatic hydroxyl groups is 1. The number of aromatic nitrogens is 1. The van der Waals surface area contributed by atoms with Gasteiger partial charge in [0.25, 0.3) is 0 Å². The van der Waals surface area contributed by atoms with Crippen molar-refractivity contribution in [2.75, 3.05) is 5.32 Å². The number of nitrogens with zero attached hydrogens (tertiary/aromatic N) is 1. The van der Waals surface area contributed by atoms with Crippen LogP contribution in [0.3, 0.4) is 0 Å². The molecule has 0 bridgehead atoms. The highest BCUT2D eigenvalue weighted by Gasteiger charge is 2.41. The Morgan fingerprint density at radius 3 is 2.39 bits per heavy atom. The molecule has 3 rings (SSSR count). The molecule has 1 aliphatic carbocycles. The summed E-state index contributed by atoms with van der Waals surface area (Å²) >= 11 is 5.99. The normalized spacial score (nSPS) is 16.7. The van der Waals surface area contributed by atoms with Gasteiger partial charge in [-0.1, -0.05) is 43.0 Å². The highest BCUT2D eigenvalue weighted by atomic mass is 35.5. The molecule has 0 unspecified atom stereocenters. The molecule has 1 saturated carbocycles. The van der Waals surface area contributed by atoms with Gasteiger partial charge in [-0.05, 0) is 42.7 Å². The number of hydrogen-bond acceptors (Lipinski definition) is 3. The van der Waals surface area contributed by atoms with Crippen molar-refractivity contribution in [2.24, 2.45) is 0 Å². The topological polar surface area (TPSA) is 62.2 Å². The third kappa shape index (κ3) is 3.32. The first-order valence-corrected chi connectivity index (χ1v) is 8.20. The zero-order valence-corrected chi connectivity index (χ0v) is 13.5. The second-order valence-electron chi connectivity index (χ2n) is 6.01. The zero-order valence-electron chi connectivity index (χ0n) is 12.8. The second-order valence-corrected chi connectivity index (χ2v) is 6.44. The van der Waals surface area contributed by atoms with E-state index in [1.165, 1.54) is 12.3 Å². The molecule has 23 heavy (non-hydrogen) atoms. The lowest BCUT2D eigenvalue weighted by Gasteiger charge is -2.36. The maximum absolute atomic E-state index is 13.0. The minimum atomic E-state index is -0.539. The minimum Gasteiger partial charge on any atom is -0.506 e. The van der Waals surface area contributed by atoms with E-state index < -0.39 is 5.41 Å². The molecule has 1 aliphatic rings. The van der Waals surface area contributed by atoms with Crippen molar-refractivity contribution in [3.63, 3.8) is 0 Å². The van der Waals surface area contributed by atoms with Crippen LogP contribution in [0.5, 0.6) is 5.75 Å². The molecule has 1 fully saturated rings. The summed E-state index contributed by atoms with van der Waals surface area (Å²) in [7, 11) is 0. The molecule has 0 radical (unpaired) electrons. The molecular formula is C18H19ClN2O2. The quantitative estimate of drug-likeness (QED) is 0.882. The van der Waals surface area contributed by atoms with Crippen molar-refractivity contribution in [2.45, 2.75) is 37.5 Å². The number of carbonyl (C=O) groups excluding carboxylic acids is 1. The van der Waals surface area contributed by atoms with Gasteiger partial charge in [0.1, 0.15) is 11.6 Å². The van der Waals surface area contributed by atoms with Gasteiger partial charge in [0.05, 0.1) is 11.6 Å². The standard InChI is InChI=1S/C18H19ClN2O2/c19-14-6-4-13(5-7-14)18(10-2-1-3-11-18)17(23)21-16-9-8-15(22)12-20-16/h4-9,12,22H,1-3,10-11H2,(H,20,21,23). The number of halogens is 1. The lowest BCUT2D eigenvalue weighted by molar-refractivity contribution is -0.122. The number of anilines is 1. The molecule has 1 aromatic heterocycles. The number of carbonyl (C=O) groups is 1. The molecule has 1 amide bonds. The highest BCUT2D eigenvalue weighted by molar-refractivity contribution is 6.30. The molecule has 1 heterocycles. The summed E-state index contributed by atoms with van der Waals surface area (Å²) in [5, 5.41) is 12.9. The van der Waals surface area contributed by atoms with Gasteiger partial charge in [0.15, 0.2) is 0 Å². The summed E-state index contributed by atoms with van der Waals surface area (Å²) < 4.78 is 0. The summed E-state index contributed by atoms with van der Waals surface area (Å²) in [4.78, 5) is 17.1. The minimum absolute atomic E-state index is 0.0438. The number of benzene rings is 1. The molecule has 5 heteroatoms. The van der Waals surface area contributed by atoms with E-state index in [1.54, 1.807) is 6.07 Å². The monoisotopic (exact) mass is 330 g/mol. The van der Waals surface area contributed by atoms with Crippen LogP contribution in [0.1, 0.15) is 37.7 Å². The van der Waals surface area contributed by atoms with Crippen LogP contribution in [0.25, 0.3) is 0 Å². The molecule has 0 atom stereocenters. The molecule has 2 aromatic rings. The van der Waals surface area contributed by atoms with E-state index in [0.29, 0.717) is 10.8 Å². The van der Waals surface area contributed by atoms with E-state index in [4.69, 9.17) is 11.6 Å². The van der Waals surface area contributed by atoms with E-state index in [0.717, 1.165) is 37.7 Å². The molecule has 0 saturated heterocycles. The Morgan fingerprint density at radius 2 is 1.78 bits per heavy atom. The Bertz CT molecular complexity index is 677. The maximum atomic E-state index is 13.0. The molecule has 0 spiro atoms. The van der Waals surface area contributed by atoms with Gasteiger partial charge >= 0.3 is 0 Å². The van der Waals surface area contributed by atoms with Crippen LogP contribution >= 0.6 is 11.6 Å². The summed E-state index contributed by atoms with van der Waals surface area (Å²) in [6.07, 6.45) is 6.17. The van der Waals surface area contributed by atoms with Gasteiger partial charge in [-0.3, -0.25) is 4.79 Å².